The third kappa shape index (κ3) is 3.52. The van der Waals surface area contributed by atoms with Gasteiger partial charge in [-0.05, 0) is 19.1 Å². The van der Waals surface area contributed by atoms with E-state index in [1.54, 1.807) is 13.0 Å². The van der Waals surface area contributed by atoms with Gasteiger partial charge in [0.2, 0.25) is 5.75 Å². The maximum Gasteiger partial charge on any atom is 0.308 e. The second-order valence-corrected chi connectivity index (χ2v) is 5.29. The predicted molar refractivity (Wildman–Crippen MR) is 91.8 cm³/mol. The van der Waals surface area contributed by atoms with E-state index in [2.05, 4.69) is 0 Å². The van der Waals surface area contributed by atoms with Crippen molar-refractivity contribution >= 4 is 22.6 Å². The molecule has 2 rings (SSSR count). The number of allylic oxidation sites excluding steroid dienone is 2. The highest BCUT2D eigenvalue weighted by Gasteiger charge is 2.22. The van der Waals surface area contributed by atoms with E-state index < -0.39 is 16.5 Å². The smallest absolute Gasteiger partial charge is 0.308 e. The number of hydrogen-bond acceptors (Lipinski definition) is 6. The lowest BCUT2D eigenvalue weighted by molar-refractivity contribution is -0.384. The lowest BCUT2D eigenvalue weighted by Gasteiger charge is -2.16. The van der Waals surface area contributed by atoms with Crippen LogP contribution in [-0.4, -0.2) is 15.5 Å². The van der Waals surface area contributed by atoms with Crippen molar-refractivity contribution in [1.29, 1.82) is 0 Å². The average molecular weight is 346 g/mol. The number of non-ortho nitro benzene ring substituents is 1. The van der Waals surface area contributed by atoms with Gasteiger partial charge in [0.1, 0.15) is 0 Å². The Bertz CT molecular complexity index is 942. The molecule has 0 unspecified atom stereocenters. The van der Waals surface area contributed by atoms with Crippen molar-refractivity contribution in [2.24, 2.45) is 7.05 Å². The normalized spacial score (nSPS) is 11.4. The number of hydrogen-bond donors (Lipinski definition) is 0. The van der Waals surface area contributed by atoms with Crippen LogP contribution in [0.5, 0.6) is 11.5 Å². The molecule has 0 bridgehead atoms. The molecule has 0 atom stereocenters. The number of aryl methyl sites for hydroxylation is 1. The molecule has 0 amide bonds. The molecule has 8 heteroatoms. The highest BCUT2D eigenvalue weighted by Crippen LogP contribution is 2.35. The van der Waals surface area contributed by atoms with E-state index in [4.69, 9.17) is 9.47 Å². The van der Waals surface area contributed by atoms with Gasteiger partial charge in [-0.2, -0.15) is 0 Å². The molecule has 0 aliphatic carbocycles. The fourth-order valence-corrected chi connectivity index (χ4v) is 2.39. The number of aromatic nitrogens is 1. The molecule has 25 heavy (non-hydrogen) atoms. The largest absolute Gasteiger partial charge is 0.457 e. The van der Waals surface area contributed by atoms with E-state index in [0.29, 0.717) is 23.1 Å². The zero-order valence-corrected chi connectivity index (χ0v) is 14.4. The summed E-state index contributed by atoms with van der Waals surface area (Å²) in [6.45, 7) is 4.83. The summed E-state index contributed by atoms with van der Waals surface area (Å²) in [5, 5.41) is 11.4. The maximum atomic E-state index is 12.6. The van der Waals surface area contributed by atoms with Crippen LogP contribution in [0.15, 0.2) is 34.8 Å². The van der Waals surface area contributed by atoms with Crippen LogP contribution in [-0.2, 0) is 11.8 Å². The number of fused-ring (bicyclic) bond motifs is 1. The summed E-state index contributed by atoms with van der Waals surface area (Å²) in [5.74, 6) is -0.273. The van der Waals surface area contributed by atoms with E-state index in [0.717, 1.165) is 0 Å². The summed E-state index contributed by atoms with van der Waals surface area (Å²) >= 11 is 0. The van der Waals surface area contributed by atoms with Gasteiger partial charge in [-0.3, -0.25) is 19.7 Å². The summed E-state index contributed by atoms with van der Waals surface area (Å²) in [7, 11) is 1.45. The Kier molecular flexibility index (Phi) is 5.21. The van der Waals surface area contributed by atoms with Gasteiger partial charge in [0.25, 0.3) is 11.2 Å². The number of nitro benzene ring substituents is 1. The van der Waals surface area contributed by atoms with Crippen LogP contribution in [0.1, 0.15) is 27.2 Å². The fraction of sp³-hybridized carbons (Fsp3) is 0.294. The first-order valence-corrected chi connectivity index (χ1v) is 7.62. The van der Waals surface area contributed by atoms with Gasteiger partial charge in [0, 0.05) is 37.9 Å². The Morgan fingerprint density at radius 3 is 2.52 bits per heavy atom. The average Bonchev–Trinajstić information content (AvgIpc) is 2.58. The monoisotopic (exact) mass is 346 g/mol. The maximum absolute atomic E-state index is 12.6. The SMILES string of the molecule is CC=C(CC)Oc1c(OC(C)=O)c(=O)n(C)c2cc([N+](=O)[O-])ccc12. The molecule has 8 nitrogen and oxygen atoms in total. The summed E-state index contributed by atoms with van der Waals surface area (Å²) in [6.07, 6.45) is 2.28. The first kappa shape index (κ1) is 18.2. The van der Waals surface area contributed by atoms with Crippen LogP contribution in [0.3, 0.4) is 0 Å². The van der Waals surface area contributed by atoms with Crippen LogP contribution in [0, 0.1) is 10.1 Å². The molecule has 0 saturated carbocycles. The minimum atomic E-state index is -0.665. The second kappa shape index (κ2) is 7.16. The minimum absolute atomic E-state index is 0.0677. The number of benzene rings is 1. The van der Waals surface area contributed by atoms with Gasteiger partial charge in [0.05, 0.1) is 16.2 Å². The Morgan fingerprint density at radius 2 is 2.00 bits per heavy atom. The molecular weight excluding hydrogens is 328 g/mol. The molecule has 1 aromatic carbocycles. The standard InChI is InChI=1S/C17H18N2O6/c1-5-12(6-2)25-15-13-8-7-11(19(22)23)9-14(13)18(4)17(21)16(15)24-10(3)20/h5,7-9H,6H2,1-4H3. The molecule has 0 saturated heterocycles. The first-order chi connectivity index (χ1) is 11.8. The highest BCUT2D eigenvalue weighted by molar-refractivity contribution is 5.90. The molecule has 0 radical (unpaired) electrons. The van der Waals surface area contributed by atoms with Gasteiger partial charge >= 0.3 is 5.97 Å². The van der Waals surface area contributed by atoms with Crippen molar-refractivity contribution in [1.82, 2.24) is 4.57 Å². The van der Waals surface area contributed by atoms with Gasteiger partial charge in [0.15, 0.2) is 5.75 Å². The van der Waals surface area contributed by atoms with Crippen molar-refractivity contribution in [2.75, 3.05) is 0 Å². The van der Waals surface area contributed by atoms with Crippen molar-refractivity contribution in [2.45, 2.75) is 27.2 Å². The van der Waals surface area contributed by atoms with Crippen molar-refractivity contribution < 1.29 is 19.2 Å². The molecule has 1 heterocycles. The Labute approximate surface area is 143 Å². The molecule has 0 aliphatic rings. The lowest BCUT2D eigenvalue weighted by Crippen LogP contribution is -2.22. The zero-order chi connectivity index (χ0) is 18.7. The molecule has 2 aromatic rings. The van der Waals surface area contributed by atoms with Crippen LogP contribution in [0.4, 0.5) is 5.69 Å². The predicted octanol–water partition coefficient (Wildman–Crippen LogP) is 3.06. The van der Waals surface area contributed by atoms with Gasteiger partial charge in [-0.25, -0.2) is 0 Å². The number of rotatable bonds is 5. The lowest BCUT2D eigenvalue weighted by atomic mass is 10.1. The topological polar surface area (TPSA) is 101 Å². The molecule has 0 fully saturated rings. The zero-order valence-electron chi connectivity index (χ0n) is 14.4. The number of nitro groups is 1. The van der Waals surface area contributed by atoms with E-state index in [-0.39, 0.29) is 17.2 Å². The minimum Gasteiger partial charge on any atom is -0.457 e. The summed E-state index contributed by atoms with van der Waals surface area (Å²) in [5.41, 5.74) is -0.475. The van der Waals surface area contributed by atoms with Crippen molar-refractivity contribution in [3.05, 3.63) is 50.5 Å². The third-order valence-electron chi connectivity index (χ3n) is 3.65. The van der Waals surface area contributed by atoms with Crippen LogP contribution in [0.25, 0.3) is 10.9 Å². The van der Waals surface area contributed by atoms with Gasteiger partial charge in [-0.15, -0.1) is 0 Å². The highest BCUT2D eigenvalue weighted by atomic mass is 16.6. The van der Waals surface area contributed by atoms with E-state index in [1.807, 2.05) is 6.92 Å². The van der Waals surface area contributed by atoms with Crippen LogP contribution in [0.2, 0.25) is 0 Å². The van der Waals surface area contributed by atoms with Crippen molar-refractivity contribution in [3.8, 4) is 11.5 Å². The number of nitrogens with zero attached hydrogens (tertiary/aromatic N) is 2. The van der Waals surface area contributed by atoms with Crippen molar-refractivity contribution in [3.63, 3.8) is 0 Å². The van der Waals surface area contributed by atoms with Crippen LogP contribution >= 0.6 is 0 Å². The van der Waals surface area contributed by atoms with Crippen LogP contribution < -0.4 is 15.0 Å². The molecule has 1 aromatic heterocycles. The van der Waals surface area contributed by atoms with E-state index >= 15 is 0 Å². The summed E-state index contributed by atoms with van der Waals surface area (Å²) in [4.78, 5) is 34.5. The molecule has 0 spiro atoms. The summed E-state index contributed by atoms with van der Waals surface area (Å²) < 4.78 is 12.1. The number of ether oxygens (including phenoxy) is 2. The molecular formula is C17H18N2O6. The van der Waals surface area contributed by atoms with Gasteiger partial charge in [-0.1, -0.05) is 6.92 Å². The Morgan fingerprint density at radius 1 is 1.32 bits per heavy atom. The molecule has 0 N–H and O–H groups in total. The number of pyridine rings is 1. The third-order valence-corrected chi connectivity index (χ3v) is 3.65. The fourth-order valence-electron chi connectivity index (χ4n) is 2.39. The molecule has 132 valence electrons. The molecule has 0 aliphatic heterocycles. The number of carbonyl (C=O) groups is 1. The Hall–Kier alpha value is -3.16. The quantitative estimate of drug-likeness (QED) is 0.357. The second-order valence-electron chi connectivity index (χ2n) is 5.29. The number of esters is 1. The Balaban J connectivity index is 2.87. The first-order valence-electron chi connectivity index (χ1n) is 7.62. The number of carbonyl (C=O) groups excluding carboxylic acids is 1. The summed E-state index contributed by atoms with van der Waals surface area (Å²) in [6, 6.07) is 4.05. The van der Waals surface area contributed by atoms with E-state index in [1.165, 1.54) is 36.7 Å². The van der Waals surface area contributed by atoms with Gasteiger partial charge < -0.3 is 14.0 Å². The van der Waals surface area contributed by atoms with E-state index in [9.17, 15) is 19.7 Å².